The van der Waals surface area contributed by atoms with Gasteiger partial charge in [0.25, 0.3) is 0 Å². The maximum absolute atomic E-state index is 12.2. The summed E-state index contributed by atoms with van der Waals surface area (Å²) in [5.41, 5.74) is 3.49. The maximum Gasteiger partial charge on any atom is 0.240 e. The number of anilines is 1. The van der Waals surface area contributed by atoms with Gasteiger partial charge in [-0.15, -0.1) is 0 Å². The molecule has 0 amide bonds. The van der Waals surface area contributed by atoms with Crippen LogP contribution in [0.3, 0.4) is 0 Å². The topological polar surface area (TPSA) is 84.2 Å². The van der Waals surface area contributed by atoms with Gasteiger partial charge in [-0.05, 0) is 41.0 Å². The third kappa shape index (κ3) is 2.43. The van der Waals surface area contributed by atoms with Crippen LogP contribution >= 0.6 is 0 Å². The molecule has 0 radical (unpaired) electrons. The molecule has 0 heterocycles. The lowest BCUT2D eigenvalue weighted by Gasteiger charge is -2.08. The first-order chi connectivity index (χ1) is 9.13. The molecular weight excluding hydrogens is 274 g/mol. The van der Waals surface area contributed by atoms with E-state index >= 15 is 0 Å². The van der Waals surface area contributed by atoms with Crippen LogP contribution in [0.1, 0.15) is 27.7 Å². The quantitative estimate of drug-likeness (QED) is 0.573. The zero-order valence-electron chi connectivity index (χ0n) is 12.4. The number of benzene rings is 1. The lowest BCUT2D eigenvalue weighted by molar-refractivity contribution is 0.457. The van der Waals surface area contributed by atoms with E-state index in [9.17, 15) is 8.42 Å². The molecule has 0 atom stereocenters. The minimum Gasteiger partial charge on any atom is -0.324 e. The van der Waals surface area contributed by atoms with Gasteiger partial charge in [-0.3, -0.25) is 5.84 Å². The number of nitrogens with one attached hydrogen (secondary N) is 2. The predicted octanol–water partition coefficient (Wildman–Crippen LogP) is 1.93. The van der Waals surface area contributed by atoms with Gasteiger partial charge < -0.3 is 5.43 Å². The zero-order valence-corrected chi connectivity index (χ0v) is 13.2. The first-order valence-corrected chi connectivity index (χ1v) is 8.17. The fraction of sp³-hybridized carbons (Fsp3) is 0.571. The van der Waals surface area contributed by atoms with Crippen molar-refractivity contribution in [2.75, 3.05) is 12.0 Å². The van der Waals surface area contributed by atoms with Crippen LogP contribution in [0.5, 0.6) is 0 Å². The largest absolute Gasteiger partial charge is 0.324 e. The van der Waals surface area contributed by atoms with Crippen LogP contribution in [0.25, 0.3) is 0 Å². The van der Waals surface area contributed by atoms with E-state index in [4.69, 9.17) is 5.84 Å². The van der Waals surface area contributed by atoms with Gasteiger partial charge >= 0.3 is 0 Å². The Bertz CT molecular complexity index is 577. The van der Waals surface area contributed by atoms with Gasteiger partial charge in [-0.2, -0.15) is 0 Å². The highest BCUT2D eigenvalue weighted by molar-refractivity contribution is 7.89. The van der Waals surface area contributed by atoms with Crippen molar-refractivity contribution in [2.45, 2.75) is 32.6 Å². The molecule has 2 rings (SSSR count). The Morgan fingerprint density at radius 1 is 1.10 bits per heavy atom. The third-order valence-electron chi connectivity index (χ3n) is 5.13. The lowest BCUT2D eigenvalue weighted by atomic mass is 10.0. The Morgan fingerprint density at radius 3 is 2.00 bits per heavy atom. The zero-order chi connectivity index (χ0) is 15.2. The van der Waals surface area contributed by atoms with Crippen LogP contribution in [0.4, 0.5) is 5.69 Å². The summed E-state index contributed by atoms with van der Waals surface area (Å²) in [7, 11) is -3.46. The number of hydrazine groups is 1. The summed E-state index contributed by atoms with van der Waals surface area (Å²) < 4.78 is 27.2. The van der Waals surface area contributed by atoms with Crippen molar-refractivity contribution >= 4 is 15.7 Å². The molecule has 0 aliphatic heterocycles. The predicted molar refractivity (Wildman–Crippen MR) is 80.5 cm³/mol. The normalized spacial score (nSPS) is 20.6. The van der Waals surface area contributed by atoms with Crippen LogP contribution in [0.15, 0.2) is 29.2 Å². The Kier molecular flexibility index (Phi) is 3.60. The van der Waals surface area contributed by atoms with E-state index in [-0.39, 0.29) is 15.7 Å². The number of rotatable bonds is 5. The average Bonchev–Trinajstić information content (AvgIpc) is 2.77. The minimum absolute atomic E-state index is 0.169. The van der Waals surface area contributed by atoms with Crippen LogP contribution in [0.2, 0.25) is 0 Å². The van der Waals surface area contributed by atoms with Gasteiger partial charge in [0, 0.05) is 12.2 Å². The fourth-order valence-corrected chi connectivity index (χ4v) is 3.90. The van der Waals surface area contributed by atoms with Gasteiger partial charge in [-0.1, -0.05) is 27.7 Å². The summed E-state index contributed by atoms with van der Waals surface area (Å²) in [5.74, 6) is 5.62. The number of hydrogen-bond acceptors (Lipinski definition) is 4. The second-order valence-corrected chi connectivity index (χ2v) is 8.28. The first-order valence-electron chi connectivity index (χ1n) is 6.69. The summed E-state index contributed by atoms with van der Waals surface area (Å²) in [5, 5.41) is 0. The number of nitrogens with two attached hydrogens (primary N) is 1. The Labute approximate surface area is 121 Å². The van der Waals surface area contributed by atoms with Crippen molar-refractivity contribution < 1.29 is 8.42 Å². The van der Waals surface area contributed by atoms with Crippen molar-refractivity contribution in [1.29, 1.82) is 0 Å². The highest BCUT2D eigenvalue weighted by Crippen LogP contribution is 2.67. The third-order valence-corrected chi connectivity index (χ3v) is 6.57. The van der Waals surface area contributed by atoms with Crippen LogP contribution in [0, 0.1) is 16.7 Å². The second-order valence-electron chi connectivity index (χ2n) is 6.52. The molecule has 20 heavy (non-hydrogen) atoms. The van der Waals surface area contributed by atoms with Crippen LogP contribution < -0.4 is 16.0 Å². The molecule has 4 N–H and O–H groups in total. The Hall–Kier alpha value is -1.11. The SMILES string of the molecule is CC1(C)C(CNS(=O)(=O)c2ccc(NN)cc2)C1(C)C. The first kappa shape index (κ1) is 15.3. The number of sulfonamides is 1. The molecule has 1 aromatic carbocycles. The molecule has 0 saturated heterocycles. The summed E-state index contributed by atoms with van der Waals surface area (Å²) in [6.07, 6.45) is 0. The lowest BCUT2D eigenvalue weighted by Crippen LogP contribution is -2.27. The van der Waals surface area contributed by atoms with E-state index in [0.717, 1.165) is 0 Å². The Balaban J connectivity index is 2.05. The van der Waals surface area contributed by atoms with Crippen molar-refractivity contribution in [2.24, 2.45) is 22.6 Å². The summed E-state index contributed by atoms with van der Waals surface area (Å²) in [6.45, 7) is 9.17. The molecule has 0 bridgehead atoms. The molecule has 1 saturated carbocycles. The van der Waals surface area contributed by atoms with E-state index in [1.807, 2.05) is 0 Å². The average molecular weight is 297 g/mol. The van der Waals surface area contributed by atoms with E-state index in [1.165, 1.54) is 0 Å². The van der Waals surface area contributed by atoms with Gasteiger partial charge in [0.05, 0.1) is 4.90 Å². The molecule has 5 nitrogen and oxygen atoms in total. The molecule has 1 aliphatic carbocycles. The highest BCUT2D eigenvalue weighted by atomic mass is 32.2. The fourth-order valence-electron chi connectivity index (χ4n) is 2.85. The summed E-state index contributed by atoms with van der Waals surface area (Å²) in [4.78, 5) is 0.257. The van der Waals surface area contributed by atoms with Gasteiger partial charge in [0.2, 0.25) is 10.0 Å². The van der Waals surface area contributed by atoms with Gasteiger partial charge in [0.1, 0.15) is 0 Å². The van der Waals surface area contributed by atoms with E-state index in [2.05, 4.69) is 37.8 Å². The summed E-state index contributed by atoms with van der Waals surface area (Å²) >= 11 is 0. The standard InChI is InChI=1S/C14H23N3O2S/c1-13(2)12(14(13,3)4)9-16-20(18,19)11-7-5-10(17-15)6-8-11/h5-8,12,16-17H,9,15H2,1-4H3. The van der Waals surface area contributed by atoms with Crippen molar-refractivity contribution in [3.05, 3.63) is 24.3 Å². The van der Waals surface area contributed by atoms with Crippen molar-refractivity contribution in [3.8, 4) is 0 Å². The second kappa shape index (κ2) is 4.72. The smallest absolute Gasteiger partial charge is 0.240 e. The molecular formula is C14H23N3O2S. The molecule has 0 unspecified atom stereocenters. The molecule has 0 spiro atoms. The van der Waals surface area contributed by atoms with Gasteiger partial charge in [-0.25, -0.2) is 13.1 Å². The number of hydrogen-bond donors (Lipinski definition) is 3. The molecule has 0 aromatic heterocycles. The molecule has 6 heteroatoms. The highest BCUT2D eigenvalue weighted by Gasteiger charge is 2.64. The number of nitrogen functional groups attached to an aromatic ring is 1. The van der Waals surface area contributed by atoms with Gasteiger partial charge in [0.15, 0.2) is 0 Å². The van der Waals surface area contributed by atoms with Crippen LogP contribution in [-0.4, -0.2) is 15.0 Å². The van der Waals surface area contributed by atoms with Crippen molar-refractivity contribution in [1.82, 2.24) is 4.72 Å². The van der Waals surface area contributed by atoms with E-state index < -0.39 is 10.0 Å². The molecule has 1 fully saturated rings. The van der Waals surface area contributed by atoms with Crippen molar-refractivity contribution in [3.63, 3.8) is 0 Å². The monoisotopic (exact) mass is 297 g/mol. The molecule has 112 valence electrons. The molecule has 1 aliphatic rings. The van der Waals surface area contributed by atoms with E-state index in [0.29, 0.717) is 18.2 Å². The minimum atomic E-state index is -3.46. The van der Waals surface area contributed by atoms with E-state index in [1.54, 1.807) is 24.3 Å². The maximum atomic E-state index is 12.2. The Morgan fingerprint density at radius 2 is 1.60 bits per heavy atom. The van der Waals surface area contributed by atoms with Crippen LogP contribution in [-0.2, 0) is 10.0 Å². The summed E-state index contributed by atoms with van der Waals surface area (Å²) in [6, 6.07) is 6.36. The molecule has 1 aromatic rings.